The lowest BCUT2D eigenvalue weighted by Crippen LogP contribution is -2.14. The number of aromatic nitrogens is 1. The molecule has 2 N–H and O–H groups in total. The smallest absolute Gasteiger partial charge is 0.307 e. The fourth-order valence-electron chi connectivity index (χ4n) is 1.48. The van der Waals surface area contributed by atoms with Crippen molar-refractivity contribution in [1.82, 2.24) is 5.16 Å². The first-order valence-corrected chi connectivity index (χ1v) is 5.18. The Labute approximate surface area is 102 Å². The third kappa shape index (κ3) is 2.73. The van der Waals surface area contributed by atoms with Crippen molar-refractivity contribution >= 4 is 17.6 Å². The van der Waals surface area contributed by atoms with Gasteiger partial charge in [0, 0.05) is 11.8 Å². The largest absolute Gasteiger partial charge is 0.481 e. The molecule has 1 aromatic heterocycles. The summed E-state index contributed by atoms with van der Waals surface area (Å²) in [5.74, 6) is -1.40. The van der Waals surface area contributed by atoms with Crippen molar-refractivity contribution < 1.29 is 19.2 Å². The van der Waals surface area contributed by atoms with Gasteiger partial charge in [0.2, 0.25) is 0 Å². The van der Waals surface area contributed by atoms with E-state index in [0.29, 0.717) is 11.3 Å². The number of amides is 1. The molecule has 2 rings (SSSR count). The molecule has 2 aromatic rings. The molecule has 92 valence electrons. The number of carboxylic acid groups (broad SMARTS) is 1. The molecule has 0 aliphatic heterocycles. The monoisotopic (exact) mass is 246 g/mol. The molecule has 1 amide bonds. The summed E-state index contributed by atoms with van der Waals surface area (Å²) in [6, 6.07) is 8.13. The van der Waals surface area contributed by atoms with Crippen molar-refractivity contribution in [3.63, 3.8) is 0 Å². The predicted molar refractivity (Wildman–Crippen MR) is 62.2 cm³/mol. The maximum atomic E-state index is 11.7. The van der Waals surface area contributed by atoms with Crippen LogP contribution < -0.4 is 5.32 Å². The summed E-state index contributed by atoms with van der Waals surface area (Å²) in [6.45, 7) is 0. The summed E-state index contributed by atoms with van der Waals surface area (Å²) in [5, 5.41) is 14.9. The molecule has 0 aliphatic carbocycles. The van der Waals surface area contributed by atoms with E-state index in [4.69, 9.17) is 5.11 Å². The van der Waals surface area contributed by atoms with Crippen molar-refractivity contribution in [2.45, 2.75) is 6.42 Å². The number of hydrogen-bond acceptors (Lipinski definition) is 4. The third-order valence-corrected chi connectivity index (χ3v) is 2.28. The number of carbonyl (C=O) groups is 2. The van der Waals surface area contributed by atoms with Crippen LogP contribution in [0, 0.1) is 0 Å². The number of aliphatic carboxylic acids is 1. The minimum absolute atomic E-state index is 0.139. The fourth-order valence-corrected chi connectivity index (χ4v) is 1.48. The highest BCUT2D eigenvalue weighted by molar-refractivity contribution is 6.03. The van der Waals surface area contributed by atoms with Crippen molar-refractivity contribution in [2.24, 2.45) is 0 Å². The first-order chi connectivity index (χ1) is 8.66. The number of carbonyl (C=O) groups excluding carboxylic acids is 1. The van der Waals surface area contributed by atoms with Crippen LogP contribution in [0.25, 0.3) is 0 Å². The van der Waals surface area contributed by atoms with Gasteiger partial charge in [-0.05, 0) is 11.6 Å². The molecule has 0 saturated heterocycles. The van der Waals surface area contributed by atoms with Gasteiger partial charge in [-0.3, -0.25) is 9.59 Å². The zero-order chi connectivity index (χ0) is 13.0. The molecule has 0 aliphatic rings. The van der Waals surface area contributed by atoms with Crippen LogP contribution in [0.3, 0.4) is 0 Å². The van der Waals surface area contributed by atoms with E-state index in [9.17, 15) is 9.59 Å². The van der Waals surface area contributed by atoms with Gasteiger partial charge in [-0.1, -0.05) is 23.4 Å². The number of nitrogens with one attached hydrogen (secondary N) is 1. The molecule has 18 heavy (non-hydrogen) atoms. The Morgan fingerprint density at radius 2 is 2.06 bits per heavy atom. The Balaban J connectivity index is 2.18. The average molecular weight is 246 g/mol. The van der Waals surface area contributed by atoms with E-state index in [1.54, 1.807) is 24.3 Å². The molecule has 6 nitrogen and oxygen atoms in total. The van der Waals surface area contributed by atoms with Gasteiger partial charge in [-0.2, -0.15) is 0 Å². The van der Waals surface area contributed by atoms with E-state index >= 15 is 0 Å². The van der Waals surface area contributed by atoms with E-state index in [-0.39, 0.29) is 12.1 Å². The minimum Gasteiger partial charge on any atom is -0.481 e. The minimum atomic E-state index is -0.960. The van der Waals surface area contributed by atoms with Crippen LogP contribution in [0.4, 0.5) is 5.69 Å². The molecule has 0 saturated carbocycles. The van der Waals surface area contributed by atoms with Crippen LogP contribution in [-0.4, -0.2) is 22.1 Å². The first-order valence-electron chi connectivity index (χ1n) is 5.18. The van der Waals surface area contributed by atoms with E-state index in [1.165, 1.54) is 12.3 Å². The zero-order valence-electron chi connectivity index (χ0n) is 9.29. The van der Waals surface area contributed by atoms with Gasteiger partial charge < -0.3 is 14.9 Å². The molecule has 0 spiro atoms. The normalized spacial score (nSPS) is 10.0. The van der Waals surface area contributed by atoms with Crippen molar-refractivity contribution in [2.75, 3.05) is 5.32 Å². The summed E-state index contributed by atoms with van der Waals surface area (Å²) in [6.07, 6.45) is 1.13. The number of hydrogen-bond donors (Lipinski definition) is 2. The van der Waals surface area contributed by atoms with Crippen LogP contribution in [0.1, 0.15) is 16.1 Å². The Morgan fingerprint density at radius 3 is 2.72 bits per heavy atom. The molecule has 0 bridgehead atoms. The molecule has 1 aromatic carbocycles. The van der Waals surface area contributed by atoms with Gasteiger partial charge in [0.1, 0.15) is 6.26 Å². The standard InChI is InChI=1S/C12H10N2O4/c15-11(16)7-8-3-1-2-4-9(8)13-12(17)10-5-6-18-14-10/h1-6H,7H2,(H,13,17)(H,15,16). The third-order valence-electron chi connectivity index (χ3n) is 2.28. The highest BCUT2D eigenvalue weighted by atomic mass is 16.5. The molecule has 0 atom stereocenters. The number of rotatable bonds is 4. The predicted octanol–water partition coefficient (Wildman–Crippen LogP) is 1.55. The number of benzene rings is 1. The quantitative estimate of drug-likeness (QED) is 0.853. The van der Waals surface area contributed by atoms with E-state index < -0.39 is 11.9 Å². The molecule has 0 radical (unpaired) electrons. The molecule has 0 fully saturated rings. The zero-order valence-corrected chi connectivity index (χ0v) is 9.29. The second kappa shape index (κ2) is 5.13. The summed E-state index contributed by atoms with van der Waals surface area (Å²) in [5.41, 5.74) is 1.12. The van der Waals surface area contributed by atoms with Gasteiger partial charge in [0.05, 0.1) is 6.42 Å². The van der Waals surface area contributed by atoms with Gasteiger partial charge in [0.15, 0.2) is 5.69 Å². The molecule has 0 unspecified atom stereocenters. The van der Waals surface area contributed by atoms with Gasteiger partial charge in [-0.25, -0.2) is 0 Å². The Bertz CT molecular complexity index is 563. The van der Waals surface area contributed by atoms with Crippen LogP contribution in [0.2, 0.25) is 0 Å². The van der Waals surface area contributed by atoms with E-state index in [2.05, 4.69) is 15.0 Å². The average Bonchev–Trinajstić information content (AvgIpc) is 2.84. The highest BCUT2D eigenvalue weighted by Gasteiger charge is 2.12. The Morgan fingerprint density at radius 1 is 1.28 bits per heavy atom. The van der Waals surface area contributed by atoms with Crippen molar-refractivity contribution in [1.29, 1.82) is 0 Å². The lowest BCUT2D eigenvalue weighted by molar-refractivity contribution is -0.136. The summed E-state index contributed by atoms with van der Waals surface area (Å²) in [4.78, 5) is 22.4. The van der Waals surface area contributed by atoms with Gasteiger partial charge in [0.25, 0.3) is 5.91 Å². The van der Waals surface area contributed by atoms with Gasteiger partial charge >= 0.3 is 5.97 Å². The number of nitrogens with zero attached hydrogens (tertiary/aromatic N) is 1. The van der Waals surface area contributed by atoms with Crippen LogP contribution in [0.5, 0.6) is 0 Å². The second-order valence-corrected chi connectivity index (χ2v) is 3.57. The lowest BCUT2D eigenvalue weighted by atomic mass is 10.1. The first kappa shape index (κ1) is 11.8. The molecule has 1 heterocycles. The maximum Gasteiger partial charge on any atom is 0.307 e. The van der Waals surface area contributed by atoms with Crippen LogP contribution in [0.15, 0.2) is 41.1 Å². The van der Waals surface area contributed by atoms with Crippen molar-refractivity contribution in [3.8, 4) is 0 Å². The van der Waals surface area contributed by atoms with Crippen molar-refractivity contribution in [3.05, 3.63) is 47.9 Å². The molecular formula is C12H10N2O4. The highest BCUT2D eigenvalue weighted by Crippen LogP contribution is 2.16. The molecule has 6 heteroatoms. The second-order valence-electron chi connectivity index (χ2n) is 3.57. The lowest BCUT2D eigenvalue weighted by Gasteiger charge is -2.07. The summed E-state index contributed by atoms with van der Waals surface area (Å²) in [7, 11) is 0. The van der Waals surface area contributed by atoms with Crippen LogP contribution >= 0.6 is 0 Å². The SMILES string of the molecule is O=C(O)Cc1ccccc1NC(=O)c1ccon1. The van der Waals surface area contributed by atoms with E-state index in [1.807, 2.05) is 0 Å². The number of anilines is 1. The fraction of sp³-hybridized carbons (Fsp3) is 0.0833. The Hall–Kier alpha value is -2.63. The number of para-hydroxylation sites is 1. The molecular weight excluding hydrogens is 236 g/mol. The maximum absolute atomic E-state index is 11.7. The topological polar surface area (TPSA) is 92.4 Å². The summed E-state index contributed by atoms with van der Waals surface area (Å²) < 4.78 is 4.56. The van der Waals surface area contributed by atoms with Crippen LogP contribution in [-0.2, 0) is 11.2 Å². The summed E-state index contributed by atoms with van der Waals surface area (Å²) >= 11 is 0. The number of carboxylic acids is 1. The van der Waals surface area contributed by atoms with E-state index in [0.717, 1.165) is 0 Å². The van der Waals surface area contributed by atoms with Gasteiger partial charge in [-0.15, -0.1) is 0 Å². The Kier molecular flexibility index (Phi) is 3.38.